The van der Waals surface area contributed by atoms with Crippen LogP contribution in [0.15, 0.2) is 28.8 Å². The van der Waals surface area contributed by atoms with Gasteiger partial charge in [-0.3, -0.25) is 4.90 Å². The molecule has 1 aromatic carbocycles. The Morgan fingerprint density at radius 1 is 1.00 bits per heavy atom. The molecule has 0 N–H and O–H groups in total. The molecule has 8 nitrogen and oxygen atoms in total. The average Bonchev–Trinajstić information content (AvgIpc) is 3.41. The molecule has 0 radical (unpaired) electrons. The van der Waals surface area contributed by atoms with Crippen molar-refractivity contribution in [2.75, 3.05) is 39.3 Å². The van der Waals surface area contributed by atoms with Gasteiger partial charge in [0.2, 0.25) is 11.7 Å². The number of halogens is 3. The molecule has 0 amide bonds. The number of hydrogen-bond acceptors (Lipinski definition) is 6. The molecular weight excluding hydrogens is 423 g/mol. The van der Waals surface area contributed by atoms with Crippen LogP contribution < -0.4 is 0 Å². The topological polar surface area (TPSA) is 82.8 Å². The number of hydrogen-bond donors (Lipinski definition) is 0. The van der Waals surface area contributed by atoms with Gasteiger partial charge in [-0.15, -0.1) is 0 Å². The van der Waals surface area contributed by atoms with Crippen molar-refractivity contribution in [3.8, 4) is 11.4 Å². The van der Waals surface area contributed by atoms with Crippen molar-refractivity contribution < 1.29 is 26.1 Å². The third-order valence-corrected chi connectivity index (χ3v) is 7.36. The van der Waals surface area contributed by atoms with Gasteiger partial charge in [-0.05, 0) is 25.0 Å². The molecule has 0 aliphatic carbocycles. The molecule has 4 rings (SSSR count). The Labute approximate surface area is 172 Å². The highest BCUT2D eigenvalue weighted by Crippen LogP contribution is 2.31. The third kappa shape index (κ3) is 4.51. The molecule has 0 unspecified atom stereocenters. The SMILES string of the molecule is O=S(=O)(N1CCCC1)N1CCN(Cc2nc(-c3cccc(C(F)(F)F)c3)no2)CC1. The van der Waals surface area contributed by atoms with Crippen LogP contribution in [0.25, 0.3) is 11.4 Å². The number of rotatable bonds is 5. The summed E-state index contributed by atoms with van der Waals surface area (Å²) in [6.45, 7) is 3.21. The maximum absolute atomic E-state index is 12.9. The molecular formula is C18H22F3N5O3S. The zero-order valence-electron chi connectivity index (χ0n) is 16.2. The second-order valence-electron chi connectivity index (χ2n) is 7.38. The molecule has 0 spiro atoms. The molecule has 0 bridgehead atoms. The molecule has 1 aromatic heterocycles. The lowest BCUT2D eigenvalue weighted by atomic mass is 10.1. The maximum Gasteiger partial charge on any atom is 0.416 e. The standard InChI is InChI=1S/C18H22F3N5O3S/c19-18(20,21)15-5-3-4-14(12-15)17-22-16(29-23-17)13-24-8-10-26(11-9-24)30(27,28)25-6-1-2-7-25/h3-5,12H,1-2,6-11,13H2. The van der Waals surface area contributed by atoms with Crippen LogP contribution in [0.4, 0.5) is 13.2 Å². The molecule has 2 aliphatic heterocycles. The van der Waals surface area contributed by atoms with E-state index in [-0.39, 0.29) is 17.3 Å². The molecule has 164 valence electrons. The number of alkyl halides is 3. The van der Waals surface area contributed by atoms with Gasteiger partial charge < -0.3 is 4.52 Å². The molecule has 0 saturated carbocycles. The Kier molecular flexibility index (Phi) is 5.84. The van der Waals surface area contributed by atoms with E-state index in [2.05, 4.69) is 10.1 Å². The summed E-state index contributed by atoms with van der Waals surface area (Å²) < 4.78 is 72.1. The fourth-order valence-electron chi connectivity index (χ4n) is 3.66. The summed E-state index contributed by atoms with van der Waals surface area (Å²) in [5.74, 6) is 0.365. The van der Waals surface area contributed by atoms with Crippen LogP contribution in [0.3, 0.4) is 0 Å². The summed E-state index contributed by atoms with van der Waals surface area (Å²) in [7, 11) is -3.41. The van der Waals surface area contributed by atoms with Crippen molar-refractivity contribution in [1.82, 2.24) is 23.7 Å². The largest absolute Gasteiger partial charge is 0.416 e. The van der Waals surface area contributed by atoms with E-state index in [1.54, 1.807) is 0 Å². The minimum absolute atomic E-state index is 0.0892. The maximum atomic E-state index is 12.9. The quantitative estimate of drug-likeness (QED) is 0.702. The van der Waals surface area contributed by atoms with Crippen molar-refractivity contribution in [2.24, 2.45) is 0 Å². The summed E-state index contributed by atoms with van der Waals surface area (Å²) in [4.78, 5) is 6.19. The van der Waals surface area contributed by atoms with Crippen LogP contribution in [0.5, 0.6) is 0 Å². The van der Waals surface area contributed by atoms with Crippen LogP contribution in [-0.2, 0) is 22.9 Å². The lowest BCUT2D eigenvalue weighted by Crippen LogP contribution is -2.52. The monoisotopic (exact) mass is 445 g/mol. The molecule has 2 aliphatic rings. The highest BCUT2D eigenvalue weighted by Gasteiger charge is 2.34. The smallest absolute Gasteiger partial charge is 0.338 e. The molecule has 0 atom stereocenters. The van der Waals surface area contributed by atoms with Crippen molar-refractivity contribution in [2.45, 2.75) is 25.6 Å². The second kappa shape index (κ2) is 8.25. The van der Waals surface area contributed by atoms with Gasteiger partial charge in [0.15, 0.2) is 0 Å². The van der Waals surface area contributed by atoms with E-state index in [0.717, 1.165) is 25.0 Å². The first-order chi connectivity index (χ1) is 14.2. The van der Waals surface area contributed by atoms with Gasteiger partial charge >= 0.3 is 6.18 Å². The number of piperazine rings is 1. The van der Waals surface area contributed by atoms with Gasteiger partial charge in [-0.2, -0.15) is 35.2 Å². The molecule has 3 heterocycles. The van der Waals surface area contributed by atoms with Gasteiger partial charge in [0.05, 0.1) is 12.1 Å². The first-order valence-corrected chi connectivity index (χ1v) is 11.1. The zero-order valence-corrected chi connectivity index (χ0v) is 17.0. The molecule has 2 saturated heterocycles. The Bertz CT molecular complexity index is 981. The number of benzene rings is 1. The predicted octanol–water partition coefficient (Wildman–Crippen LogP) is 2.21. The van der Waals surface area contributed by atoms with E-state index in [9.17, 15) is 21.6 Å². The van der Waals surface area contributed by atoms with Crippen LogP contribution in [-0.4, -0.2) is 71.3 Å². The molecule has 2 aromatic rings. The summed E-state index contributed by atoms with van der Waals surface area (Å²) in [5, 5.41) is 3.79. The van der Waals surface area contributed by atoms with E-state index < -0.39 is 21.9 Å². The van der Waals surface area contributed by atoms with Gasteiger partial charge in [-0.25, -0.2) is 0 Å². The van der Waals surface area contributed by atoms with Gasteiger partial charge in [0.25, 0.3) is 10.2 Å². The van der Waals surface area contributed by atoms with Crippen molar-refractivity contribution in [3.05, 3.63) is 35.7 Å². The Morgan fingerprint density at radius 2 is 1.67 bits per heavy atom. The van der Waals surface area contributed by atoms with Crippen LogP contribution in [0, 0.1) is 0 Å². The first-order valence-electron chi connectivity index (χ1n) is 9.71. The normalized spacial score (nSPS) is 20.1. The van der Waals surface area contributed by atoms with Gasteiger partial charge in [-0.1, -0.05) is 17.3 Å². The fraction of sp³-hybridized carbons (Fsp3) is 0.556. The van der Waals surface area contributed by atoms with E-state index >= 15 is 0 Å². The van der Waals surface area contributed by atoms with E-state index in [1.807, 2.05) is 4.90 Å². The third-order valence-electron chi connectivity index (χ3n) is 5.32. The predicted molar refractivity (Wildman–Crippen MR) is 101 cm³/mol. The Hall–Kier alpha value is -2.02. The van der Waals surface area contributed by atoms with Crippen LogP contribution >= 0.6 is 0 Å². The van der Waals surface area contributed by atoms with Crippen molar-refractivity contribution >= 4 is 10.2 Å². The Balaban J connectivity index is 1.36. The van der Waals surface area contributed by atoms with Crippen molar-refractivity contribution in [3.63, 3.8) is 0 Å². The fourth-order valence-corrected chi connectivity index (χ4v) is 5.33. The summed E-state index contributed by atoms with van der Waals surface area (Å²) >= 11 is 0. The lowest BCUT2D eigenvalue weighted by molar-refractivity contribution is -0.137. The van der Waals surface area contributed by atoms with Gasteiger partial charge in [0, 0.05) is 44.8 Å². The molecule has 12 heteroatoms. The van der Waals surface area contributed by atoms with Crippen molar-refractivity contribution in [1.29, 1.82) is 0 Å². The number of nitrogens with zero attached hydrogens (tertiary/aromatic N) is 5. The molecule has 2 fully saturated rings. The highest BCUT2D eigenvalue weighted by atomic mass is 32.2. The minimum Gasteiger partial charge on any atom is -0.338 e. The first kappa shape index (κ1) is 21.2. The van der Waals surface area contributed by atoms with Gasteiger partial charge in [0.1, 0.15) is 0 Å². The van der Waals surface area contributed by atoms with Crippen LogP contribution in [0.1, 0.15) is 24.3 Å². The lowest BCUT2D eigenvalue weighted by Gasteiger charge is -2.35. The summed E-state index contributed by atoms with van der Waals surface area (Å²) in [5.41, 5.74) is -0.553. The Morgan fingerprint density at radius 3 is 2.33 bits per heavy atom. The molecule has 30 heavy (non-hydrogen) atoms. The average molecular weight is 445 g/mol. The van der Waals surface area contributed by atoms with E-state index in [4.69, 9.17) is 4.52 Å². The highest BCUT2D eigenvalue weighted by molar-refractivity contribution is 7.86. The van der Waals surface area contributed by atoms with E-state index in [1.165, 1.54) is 20.7 Å². The summed E-state index contributed by atoms with van der Waals surface area (Å²) in [6.07, 6.45) is -2.66. The zero-order chi connectivity index (χ0) is 21.4. The minimum atomic E-state index is -4.45. The second-order valence-corrected chi connectivity index (χ2v) is 9.31. The number of aromatic nitrogens is 2. The summed E-state index contributed by atoms with van der Waals surface area (Å²) in [6, 6.07) is 4.76. The van der Waals surface area contributed by atoms with Crippen LogP contribution in [0.2, 0.25) is 0 Å². The van der Waals surface area contributed by atoms with E-state index in [0.29, 0.717) is 45.8 Å².